The number of nitrogens with zero attached hydrogens (tertiary/aromatic N) is 2. The standard InChI is InChI=1S/C28H35F3N2O4/c1-18(2)22-7-6-19(13-23(22)28(29,30)31)17-37-27(3)10-8-24-20(14-27)9-12-33(24)25(34)16-32-11-4-5-21(15-32)26(35)36/h6-8,10,13,18,21H,4-5,9,11-12,14-17H2,1-3H3,(H,35,36)/t21-,27?/m1/s1. The van der Waals surface area contributed by atoms with Crippen LogP contribution >= 0.6 is 0 Å². The van der Waals surface area contributed by atoms with Gasteiger partial charge >= 0.3 is 12.1 Å². The summed E-state index contributed by atoms with van der Waals surface area (Å²) < 4.78 is 46.9. The molecule has 0 bridgehead atoms. The van der Waals surface area contributed by atoms with Crippen molar-refractivity contribution in [3.8, 4) is 0 Å². The molecule has 0 aromatic heterocycles. The Kier molecular flexibility index (Phi) is 7.85. The molecule has 0 saturated carbocycles. The number of ether oxygens (including phenoxy) is 1. The van der Waals surface area contributed by atoms with Gasteiger partial charge in [0.05, 0.1) is 30.2 Å². The molecule has 6 nitrogen and oxygen atoms in total. The number of carboxylic acid groups (broad SMARTS) is 1. The van der Waals surface area contributed by atoms with Crippen LogP contribution in [0, 0.1) is 5.92 Å². The number of benzene rings is 1. The minimum absolute atomic E-state index is 0.0462. The van der Waals surface area contributed by atoms with Crippen LogP contribution in [0.5, 0.6) is 0 Å². The predicted octanol–water partition coefficient (Wildman–Crippen LogP) is 5.35. The van der Waals surface area contributed by atoms with Gasteiger partial charge in [0.1, 0.15) is 0 Å². The van der Waals surface area contributed by atoms with E-state index in [1.807, 2.05) is 24.0 Å². The number of hydrogen-bond donors (Lipinski definition) is 1. The lowest BCUT2D eigenvalue weighted by Crippen LogP contribution is -2.44. The summed E-state index contributed by atoms with van der Waals surface area (Å²) >= 11 is 0. The lowest BCUT2D eigenvalue weighted by molar-refractivity contribution is -0.144. The highest BCUT2D eigenvalue weighted by Gasteiger charge is 2.37. The van der Waals surface area contributed by atoms with Gasteiger partial charge in [-0.25, -0.2) is 0 Å². The summed E-state index contributed by atoms with van der Waals surface area (Å²) in [5, 5.41) is 9.30. The van der Waals surface area contributed by atoms with Gasteiger partial charge in [-0.15, -0.1) is 0 Å². The first-order valence-corrected chi connectivity index (χ1v) is 12.9. The number of likely N-dealkylation sites (tertiary alicyclic amines) is 1. The van der Waals surface area contributed by atoms with Gasteiger partial charge in [0.2, 0.25) is 5.91 Å². The highest BCUT2D eigenvalue weighted by Crippen LogP contribution is 2.39. The first-order chi connectivity index (χ1) is 17.4. The van der Waals surface area contributed by atoms with E-state index >= 15 is 0 Å². The van der Waals surface area contributed by atoms with Crippen LogP contribution in [0.3, 0.4) is 0 Å². The number of allylic oxidation sites excluding steroid dienone is 1. The van der Waals surface area contributed by atoms with Gasteiger partial charge in [-0.2, -0.15) is 13.2 Å². The van der Waals surface area contributed by atoms with E-state index < -0.39 is 29.2 Å². The Morgan fingerprint density at radius 3 is 2.68 bits per heavy atom. The summed E-state index contributed by atoms with van der Waals surface area (Å²) in [6.07, 6.45) is 2.01. The Morgan fingerprint density at radius 1 is 1.24 bits per heavy atom. The summed E-state index contributed by atoms with van der Waals surface area (Å²) in [5.74, 6) is -1.54. The van der Waals surface area contributed by atoms with E-state index in [2.05, 4.69) is 0 Å². The smallest absolute Gasteiger partial charge is 0.416 e. The van der Waals surface area contributed by atoms with Crippen molar-refractivity contribution in [2.45, 2.75) is 70.8 Å². The van der Waals surface area contributed by atoms with E-state index in [-0.39, 0.29) is 30.5 Å². The molecule has 1 aliphatic carbocycles. The molecule has 1 saturated heterocycles. The van der Waals surface area contributed by atoms with Crippen molar-refractivity contribution in [1.82, 2.24) is 9.80 Å². The second kappa shape index (κ2) is 10.6. The van der Waals surface area contributed by atoms with Gasteiger partial charge in [0, 0.05) is 25.2 Å². The summed E-state index contributed by atoms with van der Waals surface area (Å²) in [5.41, 5.74) is 1.38. The van der Waals surface area contributed by atoms with Crippen LogP contribution in [0.25, 0.3) is 0 Å². The fourth-order valence-electron chi connectivity index (χ4n) is 5.54. The van der Waals surface area contributed by atoms with Crippen LogP contribution in [-0.2, 0) is 27.1 Å². The molecule has 1 aromatic rings. The number of hydrogen-bond acceptors (Lipinski definition) is 4. The summed E-state index contributed by atoms with van der Waals surface area (Å²) in [4.78, 5) is 28.1. The van der Waals surface area contributed by atoms with Crippen LogP contribution < -0.4 is 0 Å². The predicted molar refractivity (Wildman–Crippen MR) is 133 cm³/mol. The van der Waals surface area contributed by atoms with Crippen LogP contribution in [0.1, 0.15) is 69.1 Å². The maximum atomic E-state index is 13.6. The monoisotopic (exact) mass is 520 g/mol. The van der Waals surface area contributed by atoms with Crippen LogP contribution in [0.2, 0.25) is 0 Å². The zero-order valence-corrected chi connectivity index (χ0v) is 21.6. The van der Waals surface area contributed by atoms with Crippen molar-refractivity contribution in [1.29, 1.82) is 0 Å². The van der Waals surface area contributed by atoms with E-state index in [0.29, 0.717) is 44.5 Å². The molecular weight excluding hydrogens is 485 g/mol. The number of carbonyl (C=O) groups excluding carboxylic acids is 1. The SMILES string of the molecule is CC(C)c1ccc(COC2(C)C=CC3=C(CCN3C(=O)CN3CCC[C@@H](C(=O)O)C3)C2)cc1C(F)(F)F. The number of alkyl halides is 3. The molecule has 0 radical (unpaired) electrons. The van der Waals surface area contributed by atoms with Gasteiger partial charge in [0.15, 0.2) is 0 Å². The van der Waals surface area contributed by atoms with Crippen molar-refractivity contribution >= 4 is 11.9 Å². The number of carboxylic acids is 1. The second-order valence-corrected chi connectivity index (χ2v) is 10.9. The van der Waals surface area contributed by atoms with Crippen molar-refractivity contribution < 1.29 is 32.6 Å². The van der Waals surface area contributed by atoms with Crippen molar-refractivity contribution in [3.63, 3.8) is 0 Å². The topological polar surface area (TPSA) is 70.1 Å². The Balaban J connectivity index is 1.38. The van der Waals surface area contributed by atoms with Crippen LogP contribution in [-0.4, -0.2) is 58.6 Å². The van der Waals surface area contributed by atoms with Crippen LogP contribution in [0.15, 0.2) is 41.6 Å². The first-order valence-electron chi connectivity index (χ1n) is 12.9. The first kappa shape index (κ1) is 27.4. The Morgan fingerprint density at radius 2 is 2.00 bits per heavy atom. The summed E-state index contributed by atoms with van der Waals surface area (Å²) in [6.45, 7) is 7.30. The molecule has 4 rings (SSSR count). The number of halogens is 3. The van der Waals surface area contributed by atoms with E-state index in [9.17, 15) is 27.9 Å². The Bertz CT molecular complexity index is 1110. The minimum Gasteiger partial charge on any atom is -0.481 e. The highest BCUT2D eigenvalue weighted by molar-refractivity contribution is 5.81. The maximum Gasteiger partial charge on any atom is 0.416 e. The summed E-state index contributed by atoms with van der Waals surface area (Å²) in [7, 11) is 0. The molecule has 37 heavy (non-hydrogen) atoms. The molecule has 2 heterocycles. The number of piperidine rings is 1. The van der Waals surface area contributed by atoms with Crippen molar-refractivity contribution in [2.75, 3.05) is 26.2 Å². The van der Waals surface area contributed by atoms with Gasteiger partial charge < -0.3 is 14.7 Å². The largest absolute Gasteiger partial charge is 0.481 e. The molecule has 1 amide bonds. The molecule has 202 valence electrons. The van der Waals surface area contributed by atoms with Crippen LogP contribution in [0.4, 0.5) is 13.2 Å². The molecule has 9 heteroatoms. The highest BCUT2D eigenvalue weighted by atomic mass is 19.4. The van der Waals surface area contributed by atoms with E-state index in [0.717, 1.165) is 17.7 Å². The van der Waals surface area contributed by atoms with Crippen molar-refractivity contribution in [2.24, 2.45) is 5.92 Å². The molecule has 1 N–H and O–H groups in total. The maximum absolute atomic E-state index is 13.6. The molecule has 1 fully saturated rings. The molecule has 2 aliphatic heterocycles. The quantitative estimate of drug-likeness (QED) is 0.525. The van der Waals surface area contributed by atoms with Gasteiger partial charge in [-0.3, -0.25) is 14.5 Å². The number of amides is 1. The van der Waals surface area contributed by atoms with E-state index in [1.165, 1.54) is 12.1 Å². The van der Waals surface area contributed by atoms with Gasteiger partial charge in [-0.05, 0) is 67.5 Å². The zero-order valence-electron chi connectivity index (χ0n) is 21.6. The minimum atomic E-state index is -4.42. The number of rotatable bonds is 7. The summed E-state index contributed by atoms with van der Waals surface area (Å²) in [6, 6.07) is 4.41. The van der Waals surface area contributed by atoms with Crippen molar-refractivity contribution in [3.05, 3.63) is 58.3 Å². The third kappa shape index (κ3) is 6.26. The Labute approximate surface area is 215 Å². The zero-order chi connectivity index (χ0) is 27.0. The fourth-order valence-corrected chi connectivity index (χ4v) is 5.54. The third-order valence-corrected chi connectivity index (χ3v) is 7.58. The van der Waals surface area contributed by atoms with E-state index in [1.54, 1.807) is 24.8 Å². The van der Waals surface area contributed by atoms with Gasteiger partial charge in [0.25, 0.3) is 0 Å². The molecule has 2 atom stereocenters. The van der Waals surface area contributed by atoms with Gasteiger partial charge in [-0.1, -0.05) is 32.1 Å². The average Bonchev–Trinajstić information content (AvgIpc) is 3.25. The number of carbonyl (C=O) groups is 2. The lowest BCUT2D eigenvalue weighted by atomic mass is 9.89. The van der Waals surface area contributed by atoms with E-state index in [4.69, 9.17) is 4.74 Å². The molecule has 1 aromatic carbocycles. The molecule has 3 aliphatic rings. The third-order valence-electron chi connectivity index (χ3n) is 7.58. The average molecular weight is 521 g/mol. The normalized spacial score (nSPS) is 24.6. The lowest BCUT2D eigenvalue weighted by Gasteiger charge is -2.33. The Hall–Kier alpha value is -2.65. The fraction of sp³-hybridized carbons (Fsp3) is 0.571. The molecule has 0 spiro atoms. The molecule has 1 unspecified atom stereocenters. The number of aliphatic carboxylic acids is 1. The second-order valence-electron chi connectivity index (χ2n) is 10.9. The molecular formula is C28H35F3N2O4.